The highest BCUT2D eigenvalue weighted by atomic mass is 16.5. The largest absolute Gasteiger partial charge is 0.477 e. The number of hydrogen-bond acceptors (Lipinski definition) is 5. The van der Waals surface area contributed by atoms with Crippen LogP contribution in [0.15, 0.2) is 36.7 Å². The Kier molecular flexibility index (Phi) is 5.16. The van der Waals surface area contributed by atoms with Crippen LogP contribution in [-0.2, 0) is 0 Å². The number of nitrogens with zero attached hydrogens (tertiary/aromatic N) is 4. The summed E-state index contributed by atoms with van der Waals surface area (Å²) >= 11 is 0. The summed E-state index contributed by atoms with van der Waals surface area (Å²) in [7, 11) is 3.93. The van der Waals surface area contributed by atoms with Crippen molar-refractivity contribution in [2.45, 2.75) is 25.8 Å². The molecule has 25 heavy (non-hydrogen) atoms. The molecule has 1 amide bonds. The maximum Gasteiger partial charge on any atom is 0.259 e. The van der Waals surface area contributed by atoms with Gasteiger partial charge in [0.25, 0.3) is 5.91 Å². The van der Waals surface area contributed by atoms with Crippen molar-refractivity contribution < 1.29 is 9.53 Å². The third kappa shape index (κ3) is 3.57. The normalized spacial score (nSPS) is 16.8. The van der Waals surface area contributed by atoms with Crippen LogP contribution in [0.5, 0.6) is 5.88 Å². The summed E-state index contributed by atoms with van der Waals surface area (Å²) in [5, 5.41) is 0. The summed E-state index contributed by atoms with van der Waals surface area (Å²) < 4.78 is 5.53. The van der Waals surface area contributed by atoms with E-state index in [0.29, 0.717) is 18.1 Å². The first-order valence-corrected chi connectivity index (χ1v) is 8.64. The Morgan fingerprint density at radius 1 is 1.32 bits per heavy atom. The lowest BCUT2D eigenvalue weighted by Gasteiger charge is -2.26. The van der Waals surface area contributed by atoms with Gasteiger partial charge in [-0.3, -0.25) is 4.79 Å². The lowest BCUT2D eigenvalue weighted by Crippen LogP contribution is -2.31. The quantitative estimate of drug-likeness (QED) is 0.837. The average molecular weight is 340 g/mol. The first kappa shape index (κ1) is 17.2. The van der Waals surface area contributed by atoms with E-state index in [9.17, 15) is 4.79 Å². The van der Waals surface area contributed by atoms with E-state index in [2.05, 4.69) is 16.0 Å². The van der Waals surface area contributed by atoms with Gasteiger partial charge in [-0.05, 0) is 49.6 Å². The van der Waals surface area contributed by atoms with E-state index < -0.39 is 0 Å². The van der Waals surface area contributed by atoms with E-state index in [1.807, 2.05) is 36.9 Å². The van der Waals surface area contributed by atoms with Gasteiger partial charge >= 0.3 is 0 Å². The van der Waals surface area contributed by atoms with Crippen molar-refractivity contribution in [1.82, 2.24) is 14.9 Å². The Hall–Kier alpha value is -2.63. The van der Waals surface area contributed by atoms with Gasteiger partial charge in [0.1, 0.15) is 11.4 Å². The van der Waals surface area contributed by atoms with E-state index in [4.69, 9.17) is 4.74 Å². The summed E-state index contributed by atoms with van der Waals surface area (Å²) in [6.07, 6.45) is 5.39. The molecule has 2 aromatic rings. The van der Waals surface area contributed by atoms with Crippen molar-refractivity contribution in [2.24, 2.45) is 0 Å². The van der Waals surface area contributed by atoms with Gasteiger partial charge < -0.3 is 14.5 Å². The number of carbonyl (C=O) groups excluding carboxylic acids is 1. The van der Waals surface area contributed by atoms with E-state index in [-0.39, 0.29) is 11.9 Å². The monoisotopic (exact) mass is 340 g/mol. The highest BCUT2D eigenvalue weighted by Crippen LogP contribution is 2.35. The second kappa shape index (κ2) is 7.51. The number of pyridine rings is 2. The van der Waals surface area contributed by atoms with Crippen LogP contribution in [0.3, 0.4) is 0 Å². The molecule has 0 aliphatic carbocycles. The molecule has 0 radical (unpaired) electrons. The Labute approximate surface area is 148 Å². The van der Waals surface area contributed by atoms with Gasteiger partial charge in [0.15, 0.2) is 0 Å². The molecular formula is C19H24N4O2. The van der Waals surface area contributed by atoms with E-state index in [1.54, 1.807) is 24.5 Å². The van der Waals surface area contributed by atoms with Gasteiger partial charge in [0, 0.05) is 33.0 Å². The number of likely N-dealkylation sites (tertiary alicyclic amines) is 1. The highest BCUT2D eigenvalue weighted by Gasteiger charge is 2.32. The lowest BCUT2D eigenvalue weighted by atomic mass is 10.0. The topological polar surface area (TPSA) is 58.6 Å². The molecule has 132 valence electrons. The second-order valence-corrected chi connectivity index (χ2v) is 6.29. The molecule has 0 spiro atoms. The van der Waals surface area contributed by atoms with Crippen LogP contribution < -0.4 is 9.64 Å². The molecule has 0 bridgehead atoms. The molecule has 1 aliphatic heterocycles. The Balaban J connectivity index is 1.89. The van der Waals surface area contributed by atoms with Gasteiger partial charge in [0.2, 0.25) is 5.88 Å². The molecule has 1 aliphatic rings. The third-order valence-electron chi connectivity index (χ3n) is 4.41. The smallest absolute Gasteiger partial charge is 0.259 e. The molecule has 1 fully saturated rings. The van der Waals surface area contributed by atoms with Crippen LogP contribution in [0.2, 0.25) is 0 Å². The van der Waals surface area contributed by atoms with Crippen LogP contribution in [0.25, 0.3) is 0 Å². The molecule has 1 atom stereocenters. The number of hydrogen-bond donors (Lipinski definition) is 0. The molecule has 3 heterocycles. The van der Waals surface area contributed by atoms with Crippen molar-refractivity contribution >= 4 is 11.7 Å². The predicted molar refractivity (Wildman–Crippen MR) is 97.0 cm³/mol. The van der Waals surface area contributed by atoms with Crippen LogP contribution >= 0.6 is 0 Å². The fraction of sp³-hybridized carbons (Fsp3) is 0.421. The number of amides is 1. The van der Waals surface area contributed by atoms with Crippen molar-refractivity contribution in [3.05, 3.63) is 47.8 Å². The maximum absolute atomic E-state index is 13.1. The van der Waals surface area contributed by atoms with E-state index in [0.717, 1.165) is 30.8 Å². The van der Waals surface area contributed by atoms with E-state index in [1.165, 1.54) is 0 Å². The number of aromatic nitrogens is 2. The van der Waals surface area contributed by atoms with Gasteiger partial charge in [-0.2, -0.15) is 0 Å². The minimum Gasteiger partial charge on any atom is -0.477 e. The van der Waals surface area contributed by atoms with Crippen LogP contribution in [0, 0.1) is 0 Å². The second-order valence-electron chi connectivity index (χ2n) is 6.29. The number of rotatable bonds is 5. The van der Waals surface area contributed by atoms with Gasteiger partial charge in [-0.25, -0.2) is 9.97 Å². The van der Waals surface area contributed by atoms with Crippen molar-refractivity contribution in [3.8, 4) is 5.88 Å². The highest BCUT2D eigenvalue weighted by molar-refractivity contribution is 5.96. The summed E-state index contributed by atoms with van der Waals surface area (Å²) in [6, 6.07) is 7.67. The first-order valence-electron chi connectivity index (χ1n) is 8.64. The molecule has 3 rings (SSSR count). The Morgan fingerprint density at radius 2 is 2.16 bits per heavy atom. The average Bonchev–Trinajstić information content (AvgIpc) is 3.12. The van der Waals surface area contributed by atoms with Gasteiger partial charge in [-0.1, -0.05) is 0 Å². The Morgan fingerprint density at radius 3 is 2.92 bits per heavy atom. The molecule has 0 N–H and O–H groups in total. The summed E-state index contributed by atoms with van der Waals surface area (Å²) in [4.78, 5) is 25.6. The first-order chi connectivity index (χ1) is 12.1. The predicted octanol–water partition coefficient (Wildman–Crippen LogP) is 2.92. The summed E-state index contributed by atoms with van der Waals surface area (Å²) in [5.41, 5.74) is 1.64. The zero-order chi connectivity index (χ0) is 17.8. The Bertz CT molecular complexity index is 748. The zero-order valence-corrected chi connectivity index (χ0v) is 15.0. The number of anilines is 1. The molecular weight excluding hydrogens is 316 g/mol. The minimum atomic E-state index is -0.0257. The van der Waals surface area contributed by atoms with Gasteiger partial charge in [-0.15, -0.1) is 0 Å². The standard InChI is InChI=1S/C19H24N4O2/c1-4-25-18-15(7-5-10-21-18)19(24)23-12-6-8-16(23)14-9-11-20-17(13-14)22(2)3/h5,7,9-11,13,16H,4,6,8,12H2,1-3H3/t16-/m0/s1. The maximum atomic E-state index is 13.1. The number of ether oxygens (including phenoxy) is 1. The SMILES string of the molecule is CCOc1ncccc1C(=O)N1CCC[C@H]1c1ccnc(N(C)C)c1. The fourth-order valence-electron chi connectivity index (χ4n) is 3.20. The summed E-state index contributed by atoms with van der Waals surface area (Å²) in [6.45, 7) is 3.11. The van der Waals surface area contributed by atoms with Crippen molar-refractivity contribution in [3.63, 3.8) is 0 Å². The molecule has 1 saturated heterocycles. The molecule has 0 saturated carbocycles. The third-order valence-corrected chi connectivity index (χ3v) is 4.41. The van der Waals surface area contributed by atoms with Crippen molar-refractivity contribution in [2.75, 3.05) is 32.1 Å². The van der Waals surface area contributed by atoms with Crippen LogP contribution in [-0.4, -0.2) is 48.0 Å². The minimum absolute atomic E-state index is 0.0257. The van der Waals surface area contributed by atoms with Gasteiger partial charge in [0.05, 0.1) is 12.6 Å². The van der Waals surface area contributed by atoms with E-state index >= 15 is 0 Å². The molecule has 6 heteroatoms. The lowest BCUT2D eigenvalue weighted by molar-refractivity contribution is 0.0730. The summed E-state index contributed by atoms with van der Waals surface area (Å²) in [5.74, 6) is 1.28. The molecule has 0 unspecified atom stereocenters. The van der Waals surface area contributed by atoms with Crippen LogP contribution in [0.4, 0.5) is 5.82 Å². The van der Waals surface area contributed by atoms with Crippen molar-refractivity contribution in [1.29, 1.82) is 0 Å². The fourth-order valence-corrected chi connectivity index (χ4v) is 3.20. The molecule has 2 aromatic heterocycles. The van der Waals surface area contributed by atoms with Crippen LogP contribution in [0.1, 0.15) is 41.7 Å². The molecule has 0 aromatic carbocycles. The molecule has 6 nitrogen and oxygen atoms in total. The zero-order valence-electron chi connectivity index (χ0n) is 15.0. The number of carbonyl (C=O) groups is 1.